The van der Waals surface area contributed by atoms with E-state index >= 15 is 0 Å². The first-order valence-electron chi connectivity index (χ1n) is 4.21. The lowest BCUT2D eigenvalue weighted by molar-refractivity contribution is 0.262. The molecule has 11 heavy (non-hydrogen) atoms. The van der Waals surface area contributed by atoms with E-state index in [2.05, 4.69) is 19.2 Å². The molecule has 0 radical (unpaired) electrons. The van der Waals surface area contributed by atoms with Crippen LogP contribution in [0.2, 0.25) is 0 Å². The first kappa shape index (κ1) is 8.97. The third kappa shape index (κ3) is 2.15. The van der Waals surface area contributed by atoms with Crippen molar-refractivity contribution in [2.75, 3.05) is 13.2 Å². The fourth-order valence-corrected chi connectivity index (χ4v) is 1.26. The third-order valence-corrected chi connectivity index (χ3v) is 2.34. The van der Waals surface area contributed by atoms with Crippen LogP contribution in [0.25, 0.3) is 0 Å². The van der Waals surface area contributed by atoms with E-state index in [-0.39, 0.29) is 12.1 Å². The zero-order chi connectivity index (χ0) is 8.48. The molecule has 3 nitrogen and oxygen atoms in total. The van der Waals surface area contributed by atoms with Crippen molar-refractivity contribution in [3.05, 3.63) is 0 Å². The molecule has 1 rings (SSSR count). The minimum Gasteiger partial charge on any atom is -0.396 e. The average molecular weight is 158 g/mol. The number of nitrogens with two attached hydrogens (primary N) is 1. The van der Waals surface area contributed by atoms with Gasteiger partial charge in [0.25, 0.3) is 0 Å². The highest BCUT2D eigenvalue weighted by Crippen LogP contribution is 2.39. The second-order valence-electron chi connectivity index (χ2n) is 3.85. The largest absolute Gasteiger partial charge is 0.396 e. The summed E-state index contributed by atoms with van der Waals surface area (Å²) < 4.78 is 0. The second-order valence-corrected chi connectivity index (χ2v) is 3.85. The molecule has 2 atom stereocenters. The van der Waals surface area contributed by atoms with Gasteiger partial charge in [0.2, 0.25) is 0 Å². The van der Waals surface area contributed by atoms with E-state index in [0.717, 1.165) is 13.0 Å². The van der Waals surface area contributed by atoms with Crippen LogP contribution in [0.1, 0.15) is 20.3 Å². The van der Waals surface area contributed by atoms with Crippen LogP contribution in [0.5, 0.6) is 0 Å². The number of aliphatic hydroxyl groups excluding tert-OH is 1. The minimum atomic E-state index is -0.112. The van der Waals surface area contributed by atoms with Crippen LogP contribution in [0.15, 0.2) is 0 Å². The number of hydrogen-bond donors (Lipinski definition) is 3. The van der Waals surface area contributed by atoms with Gasteiger partial charge in [-0.2, -0.15) is 0 Å². The Morgan fingerprint density at radius 1 is 1.73 bits per heavy atom. The molecule has 0 aromatic heterocycles. The van der Waals surface area contributed by atoms with E-state index in [0.29, 0.717) is 12.0 Å². The quantitative estimate of drug-likeness (QED) is 0.526. The molecule has 0 bridgehead atoms. The maximum absolute atomic E-state index is 8.80. The van der Waals surface area contributed by atoms with Crippen molar-refractivity contribution in [3.63, 3.8) is 0 Å². The fraction of sp³-hybridized carbons (Fsp3) is 1.00. The van der Waals surface area contributed by atoms with Crippen molar-refractivity contribution < 1.29 is 5.11 Å². The van der Waals surface area contributed by atoms with Crippen LogP contribution in [-0.2, 0) is 0 Å². The molecular weight excluding hydrogens is 140 g/mol. The zero-order valence-corrected chi connectivity index (χ0v) is 7.30. The Balaban J connectivity index is 2.18. The Bertz CT molecular complexity index is 138. The van der Waals surface area contributed by atoms with Crippen LogP contribution in [-0.4, -0.2) is 29.8 Å². The molecule has 1 fully saturated rings. The monoisotopic (exact) mass is 158 g/mol. The van der Waals surface area contributed by atoms with Crippen LogP contribution < -0.4 is 11.1 Å². The predicted octanol–water partition coefficient (Wildman–Crippen LogP) is -0.306. The highest BCUT2D eigenvalue weighted by Gasteiger charge is 2.49. The van der Waals surface area contributed by atoms with Gasteiger partial charge in [-0.25, -0.2) is 0 Å². The molecule has 0 amide bonds. The Morgan fingerprint density at radius 2 is 2.36 bits per heavy atom. The molecule has 4 N–H and O–H groups in total. The van der Waals surface area contributed by atoms with Gasteiger partial charge in [0.1, 0.15) is 0 Å². The average Bonchev–Trinajstić information content (AvgIpc) is 2.59. The molecule has 0 spiro atoms. The molecule has 1 aliphatic rings. The molecule has 3 heteroatoms. The lowest BCUT2D eigenvalue weighted by atomic mass is 10.2. The number of aliphatic hydroxyl groups is 1. The number of rotatable bonds is 4. The van der Waals surface area contributed by atoms with Crippen molar-refractivity contribution in [2.45, 2.75) is 31.8 Å². The van der Waals surface area contributed by atoms with Crippen LogP contribution >= 0.6 is 0 Å². The summed E-state index contributed by atoms with van der Waals surface area (Å²) in [7, 11) is 0. The van der Waals surface area contributed by atoms with Gasteiger partial charge < -0.3 is 16.2 Å². The van der Waals surface area contributed by atoms with Crippen molar-refractivity contribution in [2.24, 2.45) is 11.7 Å². The van der Waals surface area contributed by atoms with Crippen LogP contribution in [0.3, 0.4) is 0 Å². The molecular formula is C8H18N2O. The molecule has 1 aliphatic carbocycles. The van der Waals surface area contributed by atoms with Crippen molar-refractivity contribution in [3.8, 4) is 0 Å². The lowest BCUT2D eigenvalue weighted by Crippen LogP contribution is -2.41. The summed E-state index contributed by atoms with van der Waals surface area (Å²) >= 11 is 0. The Morgan fingerprint density at radius 3 is 2.73 bits per heavy atom. The Kier molecular flexibility index (Phi) is 2.52. The van der Waals surface area contributed by atoms with Gasteiger partial charge in [-0.3, -0.25) is 0 Å². The van der Waals surface area contributed by atoms with E-state index in [4.69, 9.17) is 10.8 Å². The minimum absolute atomic E-state index is 0.112. The summed E-state index contributed by atoms with van der Waals surface area (Å²) in [6, 6.07) is 0.482. The van der Waals surface area contributed by atoms with Gasteiger partial charge >= 0.3 is 0 Å². The highest BCUT2D eigenvalue weighted by molar-refractivity contribution is 5.09. The molecule has 0 heterocycles. The van der Waals surface area contributed by atoms with Crippen molar-refractivity contribution in [1.29, 1.82) is 0 Å². The van der Waals surface area contributed by atoms with Crippen molar-refractivity contribution >= 4 is 0 Å². The summed E-state index contributed by atoms with van der Waals surface area (Å²) in [5, 5.41) is 12.1. The van der Waals surface area contributed by atoms with E-state index in [9.17, 15) is 0 Å². The summed E-state index contributed by atoms with van der Waals surface area (Å²) in [4.78, 5) is 0. The van der Waals surface area contributed by atoms with Gasteiger partial charge in [0.15, 0.2) is 0 Å². The lowest BCUT2D eigenvalue weighted by Gasteiger charge is -2.14. The Hall–Kier alpha value is -0.120. The first-order valence-corrected chi connectivity index (χ1v) is 4.21. The molecule has 66 valence electrons. The van der Waals surface area contributed by atoms with E-state index in [1.165, 1.54) is 0 Å². The van der Waals surface area contributed by atoms with Crippen LogP contribution in [0, 0.1) is 5.92 Å². The summed E-state index contributed by atoms with van der Waals surface area (Å²) in [6.07, 6.45) is 0.962. The highest BCUT2D eigenvalue weighted by atomic mass is 16.3. The first-order chi connectivity index (χ1) is 5.08. The normalized spacial score (nSPS) is 36.3. The summed E-state index contributed by atoms with van der Waals surface area (Å²) in [5.74, 6) is 0.328. The molecule has 0 saturated heterocycles. The topological polar surface area (TPSA) is 58.3 Å². The molecule has 1 saturated carbocycles. The van der Waals surface area contributed by atoms with Gasteiger partial charge in [-0.1, -0.05) is 13.8 Å². The summed E-state index contributed by atoms with van der Waals surface area (Å²) in [5.41, 5.74) is 5.82. The maximum Gasteiger partial charge on any atom is 0.0478 e. The van der Waals surface area contributed by atoms with Crippen LogP contribution in [0.4, 0.5) is 0 Å². The molecule has 0 unspecified atom stereocenters. The predicted molar refractivity (Wildman–Crippen MR) is 45.2 cm³/mol. The number of hydrogen-bond acceptors (Lipinski definition) is 3. The van der Waals surface area contributed by atoms with Gasteiger partial charge in [-0.15, -0.1) is 0 Å². The van der Waals surface area contributed by atoms with Gasteiger partial charge in [-0.05, 0) is 6.42 Å². The number of nitrogens with one attached hydrogen (secondary N) is 1. The van der Waals surface area contributed by atoms with E-state index in [1.54, 1.807) is 0 Å². The Labute approximate surface area is 68.0 Å². The third-order valence-electron chi connectivity index (χ3n) is 2.34. The van der Waals surface area contributed by atoms with Gasteiger partial charge in [0.05, 0.1) is 0 Å². The molecule has 0 aromatic carbocycles. The summed E-state index contributed by atoms with van der Waals surface area (Å²) in [6.45, 7) is 5.26. The van der Waals surface area contributed by atoms with Gasteiger partial charge in [0, 0.05) is 30.7 Å². The molecule has 0 aliphatic heterocycles. The maximum atomic E-state index is 8.80. The molecule has 0 aromatic rings. The van der Waals surface area contributed by atoms with Crippen molar-refractivity contribution in [1.82, 2.24) is 5.32 Å². The zero-order valence-electron chi connectivity index (χ0n) is 7.30. The second kappa shape index (κ2) is 3.09. The van der Waals surface area contributed by atoms with E-state index < -0.39 is 0 Å². The van der Waals surface area contributed by atoms with E-state index in [1.807, 2.05) is 0 Å². The standard InChI is InChI=1S/C8H18N2O/c1-6(2)10-5-8(9)3-7(8)4-11/h6-7,10-11H,3-5,9H2,1-2H3/t7-,8-/m1/s1. The smallest absolute Gasteiger partial charge is 0.0478 e. The fourth-order valence-electron chi connectivity index (χ4n) is 1.26. The SMILES string of the molecule is CC(C)NC[C@]1(N)C[C@@H]1CO.